The molecule has 1 saturated carbocycles. The van der Waals surface area contributed by atoms with Gasteiger partial charge < -0.3 is 27.4 Å². The van der Waals surface area contributed by atoms with Crippen LogP contribution in [-0.2, 0) is 16.0 Å². The average molecular weight is 455 g/mol. The summed E-state index contributed by atoms with van der Waals surface area (Å²) in [6.45, 7) is 3.91. The maximum absolute atomic E-state index is 13.0. The molecular weight excluding hydrogens is 416 g/mol. The molecule has 1 aromatic rings. The van der Waals surface area contributed by atoms with Crippen LogP contribution in [0.25, 0.3) is 0 Å². The molecule has 0 unspecified atom stereocenters. The van der Waals surface area contributed by atoms with E-state index in [1.807, 2.05) is 13.8 Å². The number of nitrogens with zero attached hydrogens (tertiary/aromatic N) is 1. The third kappa shape index (κ3) is 6.89. The summed E-state index contributed by atoms with van der Waals surface area (Å²) in [6, 6.07) is 0. The number of rotatable bonds is 12. The molecule has 8 N–H and O–H groups in total. The lowest BCUT2D eigenvalue weighted by Gasteiger charge is -2.43. The normalized spacial score (nSPS) is 20.2. The number of thiazole rings is 1. The van der Waals surface area contributed by atoms with E-state index in [4.69, 9.17) is 17.2 Å². The molecule has 1 fully saturated rings. The molecule has 1 aliphatic carbocycles. The van der Waals surface area contributed by atoms with Crippen molar-refractivity contribution in [3.8, 4) is 0 Å². The molecule has 9 heteroatoms. The molecule has 31 heavy (non-hydrogen) atoms. The largest absolute Gasteiger partial charge is 0.390 e. The molecule has 0 saturated heterocycles. The number of nitrogens with two attached hydrogens (primary N) is 3. The van der Waals surface area contributed by atoms with Crippen LogP contribution in [0.2, 0.25) is 0 Å². The van der Waals surface area contributed by atoms with Crippen LogP contribution in [-0.4, -0.2) is 39.2 Å². The molecule has 0 radical (unpaired) electrons. The summed E-state index contributed by atoms with van der Waals surface area (Å²) in [6.07, 6.45) is 3.65. The maximum Gasteiger partial charge on any atom is 0.224 e. The number of amides is 2. The van der Waals surface area contributed by atoms with E-state index < -0.39 is 35.4 Å². The van der Waals surface area contributed by atoms with E-state index in [1.165, 1.54) is 17.8 Å². The van der Waals surface area contributed by atoms with Gasteiger partial charge in [0.15, 0.2) is 5.13 Å². The van der Waals surface area contributed by atoms with Gasteiger partial charge in [-0.05, 0) is 24.7 Å². The highest BCUT2D eigenvalue weighted by molar-refractivity contribution is 7.13. The highest BCUT2D eigenvalue weighted by Gasteiger charge is 2.51. The lowest BCUT2D eigenvalue weighted by molar-refractivity contribution is -0.145. The quantitative estimate of drug-likeness (QED) is 0.324. The summed E-state index contributed by atoms with van der Waals surface area (Å²) in [7, 11) is 0. The van der Waals surface area contributed by atoms with Gasteiger partial charge in [0.25, 0.3) is 0 Å². The average Bonchev–Trinajstić information content (AvgIpc) is 3.09. The molecule has 2 amide bonds. The first-order valence-corrected chi connectivity index (χ1v) is 12.1. The number of aliphatic hydroxyl groups excluding tert-OH is 2. The van der Waals surface area contributed by atoms with Crippen LogP contribution in [0.3, 0.4) is 0 Å². The molecular formula is C22H38N4O4S. The smallest absolute Gasteiger partial charge is 0.224 e. The zero-order chi connectivity index (χ0) is 23.2. The highest BCUT2D eigenvalue weighted by Crippen LogP contribution is 2.45. The number of hydrogen-bond donors (Lipinski definition) is 5. The molecule has 1 heterocycles. The van der Waals surface area contributed by atoms with Crippen molar-refractivity contribution in [1.82, 2.24) is 4.98 Å². The van der Waals surface area contributed by atoms with Crippen molar-refractivity contribution in [1.29, 1.82) is 0 Å². The number of nitrogen functional groups attached to an aromatic ring is 1. The number of aliphatic hydroxyl groups is 2. The van der Waals surface area contributed by atoms with Gasteiger partial charge in [0, 0.05) is 24.1 Å². The van der Waals surface area contributed by atoms with E-state index in [1.54, 1.807) is 5.38 Å². The Balaban J connectivity index is 2.49. The maximum atomic E-state index is 13.0. The number of hydrogen-bond acceptors (Lipinski definition) is 7. The molecule has 0 aromatic carbocycles. The molecule has 1 aliphatic rings. The van der Waals surface area contributed by atoms with E-state index in [-0.39, 0.29) is 24.7 Å². The minimum absolute atomic E-state index is 0.0435. The van der Waals surface area contributed by atoms with Crippen LogP contribution in [0.1, 0.15) is 70.9 Å². The summed E-state index contributed by atoms with van der Waals surface area (Å²) in [5, 5.41) is 24.1. The molecule has 0 aliphatic heterocycles. The first kappa shape index (κ1) is 25.5. The summed E-state index contributed by atoms with van der Waals surface area (Å²) < 4.78 is 0. The fraction of sp³-hybridized carbons (Fsp3) is 0.773. The first-order chi connectivity index (χ1) is 14.5. The zero-order valence-electron chi connectivity index (χ0n) is 18.6. The van der Waals surface area contributed by atoms with Crippen molar-refractivity contribution in [3.63, 3.8) is 0 Å². The van der Waals surface area contributed by atoms with E-state index in [9.17, 15) is 19.8 Å². The van der Waals surface area contributed by atoms with Crippen LogP contribution in [0, 0.1) is 23.2 Å². The van der Waals surface area contributed by atoms with Crippen molar-refractivity contribution in [2.24, 2.45) is 34.6 Å². The van der Waals surface area contributed by atoms with Crippen molar-refractivity contribution >= 4 is 28.3 Å². The summed E-state index contributed by atoms with van der Waals surface area (Å²) >= 11 is 1.23. The standard InChI is InChI=1S/C22H38N4O4S/c1-13(2)8-17(27)19(29)16(9-14-6-4-3-5-7-14)22(20(24)30,11-18(23)28)10-15-12-31-21(25)26-15/h12-14,16-17,19,27,29H,3-11H2,1-2H3,(H2,23,28)(H2,24,30)(H2,25,26)/t16-,17+,19-,22-/m1/s1. The fourth-order valence-electron chi connectivity index (χ4n) is 5.08. The minimum atomic E-state index is -1.46. The molecule has 176 valence electrons. The Hall–Kier alpha value is -1.71. The third-order valence-corrected chi connectivity index (χ3v) is 7.31. The van der Waals surface area contributed by atoms with E-state index in [0.29, 0.717) is 23.7 Å². The minimum Gasteiger partial charge on any atom is -0.390 e. The number of primary amides is 2. The molecule has 0 bridgehead atoms. The van der Waals surface area contributed by atoms with Gasteiger partial charge in [-0.1, -0.05) is 46.0 Å². The van der Waals surface area contributed by atoms with Crippen LogP contribution in [0.4, 0.5) is 5.13 Å². The number of aromatic nitrogens is 1. The van der Waals surface area contributed by atoms with Crippen LogP contribution >= 0.6 is 11.3 Å². The van der Waals surface area contributed by atoms with E-state index >= 15 is 0 Å². The molecule has 1 aromatic heterocycles. The van der Waals surface area contributed by atoms with Gasteiger partial charge in [0.05, 0.1) is 23.3 Å². The Morgan fingerprint density at radius 2 is 1.87 bits per heavy atom. The van der Waals surface area contributed by atoms with E-state index in [0.717, 1.165) is 25.7 Å². The Morgan fingerprint density at radius 1 is 1.23 bits per heavy atom. The molecule has 0 spiro atoms. The van der Waals surface area contributed by atoms with Gasteiger partial charge in [0.2, 0.25) is 11.8 Å². The summed E-state index contributed by atoms with van der Waals surface area (Å²) in [5.41, 5.74) is 16.3. The molecule has 8 nitrogen and oxygen atoms in total. The van der Waals surface area contributed by atoms with Gasteiger partial charge in [-0.3, -0.25) is 9.59 Å². The first-order valence-electron chi connectivity index (χ1n) is 11.2. The summed E-state index contributed by atoms with van der Waals surface area (Å²) in [5.74, 6) is -1.68. The SMILES string of the molecule is CC(C)C[C@H](O)[C@H](O)[C@@H](CC1CCCCC1)[C@](CC(N)=O)(Cc1csc(N)n1)C(N)=O. The van der Waals surface area contributed by atoms with Gasteiger partial charge in [-0.25, -0.2) is 4.98 Å². The van der Waals surface area contributed by atoms with Crippen molar-refractivity contribution < 1.29 is 19.8 Å². The van der Waals surface area contributed by atoms with Crippen molar-refractivity contribution in [2.75, 3.05) is 5.73 Å². The predicted molar refractivity (Wildman–Crippen MR) is 122 cm³/mol. The highest BCUT2D eigenvalue weighted by atomic mass is 32.1. The van der Waals surface area contributed by atoms with Gasteiger partial charge in [-0.2, -0.15) is 0 Å². The zero-order valence-corrected chi connectivity index (χ0v) is 19.4. The monoisotopic (exact) mass is 454 g/mol. The third-order valence-electron chi connectivity index (χ3n) is 6.59. The van der Waals surface area contributed by atoms with Crippen molar-refractivity contribution in [2.45, 2.75) is 83.8 Å². The molecule has 4 atom stereocenters. The van der Waals surface area contributed by atoms with Gasteiger partial charge in [-0.15, -0.1) is 11.3 Å². The van der Waals surface area contributed by atoms with Crippen molar-refractivity contribution in [3.05, 3.63) is 11.1 Å². The van der Waals surface area contributed by atoms with E-state index in [2.05, 4.69) is 4.98 Å². The second-order valence-corrected chi connectivity index (χ2v) is 10.4. The molecule has 2 rings (SSSR count). The number of carbonyl (C=O) groups is 2. The van der Waals surface area contributed by atoms with Crippen LogP contribution in [0.15, 0.2) is 5.38 Å². The Kier molecular flexibility index (Phi) is 9.27. The Labute approximate surface area is 188 Å². The summed E-state index contributed by atoms with van der Waals surface area (Å²) in [4.78, 5) is 29.3. The lowest BCUT2D eigenvalue weighted by atomic mass is 9.62. The predicted octanol–water partition coefficient (Wildman–Crippen LogP) is 1.97. The Bertz CT molecular complexity index is 735. The second-order valence-electron chi connectivity index (χ2n) is 9.55. The lowest BCUT2D eigenvalue weighted by Crippen LogP contribution is -2.54. The van der Waals surface area contributed by atoms with Crippen LogP contribution in [0.5, 0.6) is 0 Å². The Morgan fingerprint density at radius 3 is 2.35 bits per heavy atom. The van der Waals surface area contributed by atoms with Gasteiger partial charge >= 0.3 is 0 Å². The van der Waals surface area contributed by atoms with Gasteiger partial charge in [0.1, 0.15) is 0 Å². The number of carbonyl (C=O) groups excluding carboxylic acids is 2. The second kappa shape index (κ2) is 11.2. The fourth-order valence-corrected chi connectivity index (χ4v) is 5.65. The topological polar surface area (TPSA) is 166 Å². The number of anilines is 1. The van der Waals surface area contributed by atoms with Crippen LogP contribution < -0.4 is 17.2 Å².